The molecule has 0 aromatic heterocycles. The second kappa shape index (κ2) is 7.22. The van der Waals surface area contributed by atoms with Crippen LogP contribution in [0.5, 0.6) is 0 Å². The second-order valence-corrected chi connectivity index (χ2v) is 5.59. The number of aryl methyl sites for hydroxylation is 1. The lowest BCUT2D eigenvalue weighted by atomic mass is 10.0. The van der Waals surface area contributed by atoms with E-state index in [0.717, 1.165) is 23.3 Å². The van der Waals surface area contributed by atoms with E-state index in [1.165, 1.54) is 6.07 Å². The molecule has 2 atom stereocenters. The summed E-state index contributed by atoms with van der Waals surface area (Å²) in [5.41, 5.74) is 2.62. The number of benzene rings is 2. The largest absolute Gasteiger partial charge is 0.332 e. The Morgan fingerprint density at radius 2 is 1.61 bits per heavy atom. The summed E-state index contributed by atoms with van der Waals surface area (Å²) in [6.07, 6.45) is 0. The first-order chi connectivity index (χ1) is 10.9. The molecule has 23 heavy (non-hydrogen) atoms. The number of amides is 2. The minimum absolute atomic E-state index is 0.159. The first kappa shape index (κ1) is 16.9. The van der Waals surface area contributed by atoms with Crippen LogP contribution in [0.2, 0.25) is 0 Å². The zero-order valence-corrected chi connectivity index (χ0v) is 13.4. The average Bonchev–Trinajstić information content (AvgIpc) is 2.50. The van der Waals surface area contributed by atoms with Gasteiger partial charge in [-0.3, -0.25) is 0 Å². The molecule has 0 spiro atoms. The molecule has 122 valence electrons. The molecule has 0 radical (unpaired) electrons. The zero-order chi connectivity index (χ0) is 17.0. The highest BCUT2D eigenvalue weighted by Crippen LogP contribution is 2.18. The Kier molecular flexibility index (Phi) is 5.32. The maximum atomic E-state index is 13.2. The minimum Gasteiger partial charge on any atom is -0.332 e. The SMILES string of the molecule is Cc1ccccc1[C@H](C)NC(=O)N[C@@H](C)c1ccc(F)c(F)c1. The van der Waals surface area contributed by atoms with Crippen molar-refractivity contribution in [1.82, 2.24) is 10.6 Å². The zero-order valence-electron chi connectivity index (χ0n) is 13.4. The topological polar surface area (TPSA) is 41.1 Å². The fraction of sp³-hybridized carbons (Fsp3) is 0.278. The lowest BCUT2D eigenvalue weighted by Crippen LogP contribution is -2.38. The van der Waals surface area contributed by atoms with Gasteiger partial charge < -0.3 is 10.6 Å². The number of carbonyl (C=O) groups excluding carboxylic acids is 1. The molecule has 0 bridgehead atoms. The Hall–Kier alpha value is -2.43. The number of hydrogen-bond donors (Lipinski definition) is 2. The molecular weight excluding hydrogens is 298 g/mol. The van der Waals surface area contributed by atoms with E-state index in [2.05, 4.69) is 10.6 Å². The van der Waals surface area contributed by atoms with Gasteiger partial charge in [0.25, 0.3) is 0 Å². The Bertz CT molecular complexity index is 703. The first-order valence-electron chi connectivity index (χ1n) is 7.46. The third-order valence-corrected chi connectivity index (χ3v) is 3.79. The van der Waals surface area contributed by atoms with Crippen molar-refractivity contribution in [3.63, 3.8) is 0 Å². The Morgan fingerprint density at radius 3 is 2.26 bits per heavy atom. The lowest BCUT2D eigenvalue weighted by molar-refractivity contribution is 0.235. The summed E-state index contributed by atoms with van der Waals surface area (Å²) < 4.78 is 26.2. The van der Waals surface area contributed by atoms with Crippen molar-refractivity contribution in [1.29, 1.82) is 0 Å². The summed E-state index contributed by atoms with van der Waals surface area (Å²) in [4.78, 5) is 12.1. The quantitative estimate of drug-likeness (QED) is 0.862. The molecule has 2 N–H and O–H groups in total. The monoisotopic (exact) mass is 318 g/mol. The van der Waals surface area contributed by atoms with Crippen LogP contribution in [-0.2, 0) is 0 Å². The molecule has 0 saturated heterocycles. The fourth-order valence-electron chi connectivity index (χ4n) is 2.45. The molecule has 0 saturated carbocycles. The van der Waals surface area contributed by atoms with Gasteiger partial charge in [-0.25, -0.2) is 13.6 Å². The Labute approximate surface area is 134 Å². The molecule has 0 aliphatic rings. The van der Waals surface area contributed by atoms with Crippen LogP contribution in [0.15, 0.2) is 42.5 Å². The predicted octanol–water partition coefficient (Wildman–Crippen LogP) is 4.39. The standard InChI is InChI=1S/C18H20F2N2O/c1-11-6-4-5-7-15(11)13(3)22-18(23)21-12(2)14-8-9-16(19)17(20)10-14/h4-10,12-13H,1-3H3,(H2,21,22,23)/t12-,13-/m0/s1. The van der Waals surface area contributed by atoms with Gasteiger partial charge in [0, 0.05) is 0 Å². The van der Waals surface area contributed by atoms with Crippen molar-refractivity contribution < 1.29 is 13.6 Å². The van der Waals surface area contributed by atoms with Gasteiger partial charge in [0.05, 0.1) is 12.1 Å². The molecular formula is C18H20F2N2O. The van der Waals surface area contributed by atoms with E-state index in [1.807, 2.05) is 38.1 Å². The van der Waals surface area contributed by atoms with Crippen LogP contribution in [0, 0.1) is 18.6 Å². The minimum atomic E-state index is -0.926. The van der Waals surface area contributed by atoms with Crippen LogP contribution in [0.25, 0.3) is 0 Å². The van der Waals surface area contributed by atoms with Gasteiger partial charge >= 0.3 is 6.03 Å². The van der Waals surface area contributed by atoms with Crippen molar-refractivity contribution in [2.24, 2.45) is 0 Å². The van der Waals surface area contributed by atoms with Crippen LogP contribution in [0.3, 0.4) is 0 Å². The summed E-state index contributed by atoms with van der Waals surface area (Å²) in [6.45, 7) is 5.59. The third-order valence-electron chi connectivity index (χ3n) is 3.79. The van der Waals surface area contributed by atoms with Crippen molar-refractivity contribution in [3.8, 4) is 0 Å². The van der Waals surface area contributed by atoms with Crippen molar-refractivity contribution in [2.45, 2.75) is 32.9 Å². The number of carbonyl (C=O) groups is 1. The highest BCUT2D eigenvalue weighted by molar-refractivity contribution is 5.75. The average molecular weight is 318 g/mol. The summed E-state index contributed by atoms with van der Waals surface area (Å²) in [5.74, 6) is -1.83. The van der Waals surface area contributed by atoms with Gasteiger partial charge in [0.15, 0.2) is 11.6 Å². The van der Waals surface area contributed by atoms with Crippen LogP contribution < -0.4 is 10.6 Å². The van der Waals surface area contributed by atoms with E-state index in [4.69, 9.17) is 0 Å². The summed E-state index contributed by atoms with van der Waals surface area (Å²) in [5, 5.41) is 5.57. The smallest absolute Gasteiger partial charge is 0.315 e. The van der Waals surface area contributed by atoms with E-state index in [0.29, 0.717) is 5.56 Å². The van der Waals surface area contributed by atoms with E-state index in [-0.39, 0.29) is 12.1 Å². The van der Waals surface area contributed by atoms with Crippen molar-refractivity contribution in [3.05, 3.63) is 70.8 Å². The van der Waals surface area contributed by atoms with Crippen LogP contribution in [0.1, 0.15) is 42.6 Å². The normalized spacial score (nSPS) is 13.3. The van der Waals surface area contributed by atoms with Crippen LogP contribution >= 0.6 is 0 Å². The van der Waals surface area contributed by atoms with Gasteiger partial charge in [-0.1, -0.05) is 30.3 Å². The molecule has 0 fully saturated rings. The van der Waals surface area contributed by atoms with Crippen LogP contribution in [0.4, 0.5) is 13.6 Å². The molecule has 0 unspecified atom stereocenters. The number of nitrogens with one attached hydrogen (secondary N) is 2. The molecule has 3 nitrogen and oxygen atoms in total. The molecule has 0 aliphatic carbocycles. The second-order valence-electron chi connectivity index (χ2n) is 5.59. The fourth-order valence-corrected chi connectivity index (χ4v) is 2.45. The van der Waals surface area contributed by atoms with Gasteiger partial charge in [0.2, 0.25) is 0 Å². The van der Waals surface area contributed by atoms with Gasteiger partial charge in [0.1, 0.15) is 0 Å². The lowest BCUT2D eigenvalue weighted by Gasteiger charge is -2.20. The number of rotatable bonds is 4. The van der Waals surface area contributed by atoms with E-state index in [9.17, 15) is 13.6 Å². The Balaban J connectivity index is 1.98. The first-order valence-corrected chi connectivity index (χ1v) is 7.46. The maximum absolute atomic E-state index is 13.2. The molecule has 2 aromatic carbocycles. The number of urea groups is 1. The third kappa shape index (κ3) is 4.28. The maximum Gasteiger partial charge on any atom is 0.315 e. The number of halogens is 2. The molecule has 5 heteroatoms. The molecule has 2 amide bonds. The summed E-state index contributed by atoms with van der Waals surface area (Å²) in [7, 11) is 0. The van der Waals surface area contributed by atoms with Crippen molar-refractivity contribution in [2.75, 3.05) is 0 Å². The number of hydrogen-bond acceptors (Lipinski definition) is 1. The summed E-state index contributed by atoms with van der Waals surface area (Å²) >= 11 is 0. The Morgan fingerprint density at radius 1 is 0.957 bits per heavy atom. The highest BCUT2D eigenvalue weighted by atomic mass is 19.2. The molecule has 0 aliphatic heterocycles. The van der Waals surface area contributed by atoms with Crippen molar-refractivity contribution >= 4 is 6.03 Å². The van der Waals surface area contributed by atoms with E-state index < -0.39 is 17.7 Å². The van der Waals surface area contributed by atoms with Gasteiger partial charge in [-0.15, -0.1) is 0 Å². The molecule has 2 aromatic rings. The highest BCUT2D eigenvalue weighted by Gasteiger charge is 2.15. The predicted molar refractivity (Wildman–Crippen MR) is 86.0 cm³/mol. The van der Waals surface area contributed by atoms with Gasteiger partial charge in [-0.2, -0.15) is 0 Å². The van der Waals surface area contributed by atoms with Crippen LogP contribution in [-0.4, -0.2) is 6.03 Å². The van der Waals surface area contributed by atoms with E-state index in [1.54, 1.807) is 6.92 Å². The summed E-state index contributed by atoms with van der Waals surface area (Å²) in [6, 6.07) is 10.4. The van der Waals surface area contributed by atoms with E-state index >= 15 is 0 Å². The molecule has 0 heterocycles. The van der Waals surface area contributed by atoms with Gasteiger partial charge in [-0.05, 0) is 49.6 Å². The molecule has 2 rings (SSSR count).